The van der Waals surface area contributed by atoms with Crippen LogP contribution in [0, 0.1) is 0 Å². The number of pyridine rings is 1. The van der Waals surface area contributed by atoms with E-state index >= 15 is 0 Å². The number of anilines is 1. The number of ether oxygens (including phenoxy) is 1. The molecule has 1 unspecified atom stereocenters. The number of aliphatic imine (C=N–C) groups is 1. The minimum absolute atomic E-state index is 0.0209. The molecule has 0 spiro atoms. The molecule has 2 N–H and O–H groups in total. The lowest BCUT2D eigenvalue weighted by Gasteiger charge is -2.16. The molecule has 1 heterocycles. The lowest BCUT2D eigenvalue weighted by molar-refractivity contribution is -0.143. The molecule has 8 heteroatoms. The lowest BCUT2D eigenvalue weighted by atomic mass is 9.99. The molecule has 0 saturated heterocycles. The number of esters is 1. The van der Waals surface area contributed by atoms with E-state index in [1.807, 2.05) is 18.2 Å². The highest BCUT2D eigenvalue weighted by molar-refractivity contribution is 6.18. The quantitative estimate of drug-likeness (QED) is 0.350. The van der Waals surface area contributed by atoms with Crippen LogP contribution in [0.2, 0.25) is 0 Å². The Bertz CT molecular complexity index is 1160. The molecule has 34 heavy (non-hydrogen) atoms. The molecule has 1 amide bonds. The molecular weight excluding hydrogens is 434 g/mol. The number of carbonyl (C=O) groups is 3. The Hall–Kier alpha value is -4.33. The predicted molar refractivity (Wildman–Crippen MR) is 128 cm³/mol. The summed E-state index contributed by atoms with van der Waals surface area (Å²) in [7, 11) is 0. The molecule has 1 atom stereocenters. The minimum atomic E-state index is -1.18. The van der Waals surface area contributed by atoms with Crippen molar-refractivity contribution in [3.05, 3.63) is 95.8 Å². The van der Waals surface area contributed by atoms with Crippen LogP contribution in [0.5, 0.6) is 0 Å². The normalized spacial score (nSPS) is 12.0. The van der Waals surface area contributed by atoms with Crippen molar-refractivity contribution in [3.8, 4) is 0 Å². The van der Waals surface area contributed by atoms with Crippen LogP contribution in [0.15, 0.2) is 84.0 Å². The lowest BCUT2D eigenvalue weighted by Crippen LogP contribution is -2.23. The van der Waals surface area contributed by atoms with Gasteiger partial charge in [-0.25, -0.2) is 4.79 Å². The fraction of sp³-hybridized carbons (Fsp3) is 0.192. The third-order valence-corrected chi connectivity index (χ3v) is 4.87. The SMILES string of the molecule is CCOC(=O)CCC(N=C(c1ccccc1)c1ccccc1NC(=O)c1ccccn1)C(=O)O. The van der Waals surface area contributed by atoms with Crippen LogP contribution >= 0.6 is 0 Å². The molecule has 1 aromatic heterocycles. The van der Waals surface area contributed by atoms with Gasteiger partial charge in [0.1, 0.15) is 11.7 Å². The fourth-order valence-corrected chi connectivity index (χ4v) is 3.26. The van der Waals surface area contributed by atoms with Gasteiger partial charge in [0, 0.05) is 23.7 Å². The first kappa shape index (κ1) is 24.3. The minimum Gasteiger partial charge on any atom is -0.480 e. The van der Waals surface area contributed by atoms with Crippen molar-refractivity contribution in [2.75, 3.05) is 11.9 Å². The number of aromatic nitrogens is 1. The maximum absolute atomic E-state index is 12.7. The fourth-order valence-electron chi connectivity index (χ4n) is 3.26. The topological polar surface area (TPSA) is 118 Å². The molecule has 0 radical (unpaired) electrons. The molecule has 0 saturated carbocycles. The van der Waals surface area contributed by atoms with Crippen LogP contribution < -0.4 is 5.32 Å². The van der Waals surface area contributed by atoms with Gasteiger partial charge in [0.15, 0.2) is 0 Å². The van der Waals surface area contributed by atoms with Gasteiger partial charge in [0.05, 0.1) is 18.0 Å². The van der Waals surface area contributed by atoms with E-state index in [1.54, 1.807) is 61.5 Å². The first-order chi connectivity index (χ1) is 16.5. The van der Waals surface area contributed by atoms with Crippen molar-refractivity contribution in [1.29, 1.82) is 0 Å². The zero-order chi connectivity index (χ0) is 24.3. The maximum Gasteiger partial charge on any atom is 0.328 e. The van der Waals surface area contributed by atoms with E-state index in [4.69, 9.17) is 4.74 Å². The van der Waals surface area contributed by atoms with Crippen LogP contribution in [0.1, 0.15) is 41.4 Å². The monoisotopic (exact) mass is 459 g/mol. The molecule has 3 aromatic rings. The second-order valence-electron chi connectivity index (χ2n) is 7.26. The van der Waals surface area contributed by atoms with Gasteiger partial charge in [-0.15, -0.1) is 0 Å². The second kappa shape index (κ2) is 12.1. The summed E-state index contributed by atoms with van der Waals surface area (Å²) in [5, 5.41) is 12.6. The van der Waals surface area contributed by atoms with Crippen molar-refractivity contribution < 1.29 is 24.2 Å². The van der Waals surface area contributed by atoms with Crippen molar-refractivity contribution in [2.24, 2.45) is 4.99 Å². The van der Waals surface area contributed by atoms with E-state index in [1.165, 1.54) is 6.20 Å². The molecule has 3 rings (SSSR count). The number of benzene rings is 2. The summed E-state index contributed by atoms with van der Waals surface area (Å²) in [6.07, 6.45) is 1.43. The predicted octanol–water partition coefficient (Wildman–Crippen LogP) is 3.97. The molecular formula is C26H25N3O5. The average molecular weight is 460 g/mol. The molecule has 0 bridgehead atoms. The summed E-state index contributed by atoms with van der Waals surface area (Å²) in [6.45, 7) is 1.91. The molecule has 174 valence electrons. The number of amides is 1. The Balaban J connectivity index is 2.01. The van der Waals surface area contributed by atoms with E-state index in [0.717, 1.165) is 0 Å². The van der Waals surface area contributed by atoms with Crippen LogP contribution in [-0.4, -0.2) is 46.3 Å². The highest BCUT2D eigenvalue weighted by atomic mass is 16.5. The van der Waals surface area contributed by atoms with Gasteiger partial charge >= 0.3 is 11.9 Å². The number of carboxylic acid groups (broad SMARTS) is 1. The third-order valence-electron chi connectivity index (χ3n) is 4.87. The highest BCUT2D eigenvalue weighted by Gasteiger charge is 2.22. The zero-order valence-corrected chi connectivity index (χ0v) is 18.7. The largest absolute Gasteiger partial charge is 0.480 e. The van der Waals surface area contributed by atoms with E-state index in [0.29, 0.717) is 22.5 Å². The average Bonchev–Trinajstić information content (AvgIpc) is 2.86. The van der Waals surface area contributed by atoms with Gasteiger partial charge in [-0.1, -0.05) is 54.6 Å². The first-order valence-corrected chi connectivity index (χ1v) is 10.8. The molecule has 0 aliphatic heterocycles. The van der Waals surface area contributed by atoms with Gasteiger partial charge in [0.25, 0.3) is 5.91 Å². The Morgan fingerprint density at radius 2 is 1.71 bits per heavy atom. The number of carbonyl (C=O) groups excluding carboxylic acids is 2. The van der Waals surface area contributed by atoms with E-state index in [9.17, 15) is 19.5 Å². The Labute approximate surface area is 197 Å². The summed E-state index contributed by atoms with van der Waals surface area (Å²) in [6, 6.07) is 19.9. The number of carboxylic acids is 1. The van der Waals surface area contributed by atoms with Crippen molar-refractivity contribution >= 4 is 29.2 Å². The molecule has 0 aliphatic carbocycles. The van der Waals surface area contributed by atoms with Gasteiger partial charge < -0.3 is 15.2 Å². The zero-order valence-electron chi connectivity index (χ0n) is 18.7. The Kier molecular flexibility index (Phi) is 8.62. The summed E-state index contributed by atoms with van der Waals surface area (Å²) < 4.78 is 4.92. The number of rotatable bonds is 10. The van der Waals surface area contributed by atoms with E-state index < -0.39 is 23.9 Å². The van der Waals surface area contributed by atoms with Gasteiger partial charge in [-0.2, -0.15) is 0 Å². The van der Waals surface area contributed by atoms with Gasteiger partial charge in [-0.05, 0) is 31.5 Å². The molecule has 2 aromatic carbocycles. The smallest absolute Gasteiger partial charge is 0.328 e. The number of aliphatic carboxylic acids is 1. The van der Waals surface area contributed by atoms with Gasteiger partial charge in [0.2, 0.25) is 0 Å². The van der Waals surface area contributed by atoms with E-state index in [-0.39, 0.29) is 25.1 Å². The molecule has 0 fully saturated rings. The van der Waals surface area contributed by atoms with Crippen molar-refractivity contribution in [2.45, 2.75) is 25.8 Å². The number of nitrogens with one attached hydrogen (secondary N) is 1. The summed E-state index contributed by atoms with van der Waals surface area (Å²) in [4.78, 5) is 45.1. The van der Waals surface area contributed by atoms with Gasteiger partial charge in [-0.3, -0.25) is 19.6 Å². The Morgan fingerprint density at radius 1 is 1.00 bits per heavy atom. The summed E-state index contributed by atoms with van der Waals surface area (Å²) >= 11 is 0. The van der Waals surface area contributed by atoms with Crippen LogP contribution in [-0.2, 0) is 14.3 Å². The first-order valence-electron chi connectivity index (χ1n) is 10.8. The standard InChI is InChI=1S/C26H25N3O5/c1-2-34-23(30)16-15-22(26(32)33)28-24(18-10-4-3-5-11-18)19-12-6-7-13-20(19)29-25(31)21-14-8-9-17-27-21/h3-14,17,22H,2,15-16H2,1H3,(H,29,31)(H,32,33). The van der Waals surface area contributed by atoms with Crippen LogP contribution in [0.3, 0.4) is 0 Å². The van der Waals surface area contributed by atoms with Crippen LogP contribution in [0.4, 0.5) is 5.69 Å². The molecule has 8 nitrogen and oxygen atoms in total. The summed E-state index contributed by atoms with van der Waals surface area (Å²) in [5.74, 6) is -2.04. The summed E-state index contributed by atoms with van der Waals surface area (Å²) in [5.41, 5.74) is 2.29. The number of nitrogens with zero attached hydrogens (tertiary/aromatic N) is 2. The maximum atomic E-state index is 12.7. The van der Waals surface area contributed by atoms with E-state index in [2.05, 4.69) is 15.3 Å². The molecule has 0 aliphatic rings. The second-order valence-corrected chi connectivity index (χ2v) is 7.26. The number of para-hydroxylation sites is 1. The highest BCUT2D eigenvalue weighted by Crippen LogP contribution is 2.22. The van der Waals surface area contributed by atoms with Crippen LogP contribution in [0.25, 0.3) is 0 Å². The number of hydrogen-bond donors (Lipinski definition) is 2. The third kappa shape index (κ3) is 6.59. The van der Waals surface area contributed by atoms with Crippen molar-refractivity contribution in [3.63, 3.8) is 0 Å². The Morgan fingerprint density at radius 3 is 2.38 bits per heavy atom. The van der Waals surface area contributed by atoms with Crippen molar-refractivity contribution in [1.82, 2.24) is 4.98 Å². The number of hydrogen-bond acceptors (Lipinski definition) is 6.